The van der Waals surface area contributed by atoms with Gasteiger partial charge in [0, 0.05) is 18.4 Å². The first kappa shape index (κ1) is 17.3. The van der Waals surface area contributed by atoms with Gasteiger partial charge in [-0.1, -0.05) is 30.2 Å². The summed E-state index contributed by atoms with van der Waals surface area (Å²) in [7, 11) is 1.64. The molecule has 0 spiro atoms. The molecule has 4 rings (SSSR count). The second-order valence-electron chi connectivity index (χ2n) is 6.81. The molecule has 0 radical (unpaired) electrons. The van der Waals surface area contributed by atoms with Gasteiger partial charge in [0.15, 0.2) is 11.5 Å². The highest BCUT2D eigenvalue weighted by molar-refractivity contribution is 5.95. The van der Waals surface area contributed by atoms with Crippen LogP contribution in [-0.4, -0.2) is 38.6 Å². The van der Waals surface area contributed by atoms with Gasteiger partial charge in [0.05, 0.1) is 13.7 Å². The minimum absolute atomic E-state index is 0.161. The molecule has 1 aliphatic carbocycles. The van der Waals surface area contributed by atoms with E-state index in [1.165, 1.54) is 12.8 Å². The molecule has 0 atom stereocenters. The third-order valence-corrected chi connectivity index (χ3v) is 4.95. The smallest absolute Gasteiger partial charge is 0.275 e. The summed E-state index contributed by atoms with van der Waals surface area (Å²) in [6, 6.07) is 11.9. The highest BCUT2D eigenvalue weighted by Gasteiger charge is 2.24. The standard InChI is InChI=1S/C20H23N5O2/c1-27-17-10-8-15(9-11-17)14-25-20(24-12-4-5-13-24)18(22-23-25)19(26)21-16-6-2-3-7-16/h4-5,8-13,16H,2-3,6-7,14H2,1H3,(H,21,26). The molecule has 2 heterocycles. The fourth-order valence-corrected chi connectivity index (χ4v) is 3.52. The van der Waals surface area contributed by atoms with Crippen molar-refractivity contribution in [3.8, 4) is 11.6 Å². The molecule has 7 nitrogen and oxygen atoms in total. The van der Waals surface area contributed by atoms with Crippen molar-refractivity contribution >= 4 is 5.91 Å². The SMILES string of the molecule is COc1ccc(Cn2nnc(C(=O)NC3CCCC3)c2-n2cccc2)cc1. The lowest BCUT2D eigenvalue weighted by atomic mass is 10.2. The molecule has 1 amide bonds. The molecule has 1 fully saturated rings. The van der Waals surface area contributed by atoms with Crippen LogP contribution in [0.25, 0.3) is 5.82 Å². The van der Waals surface area contributed by atoms with Gasteiger partial charge in [-0.15, -0.1) is 5.10 Å². The van der Waals surface area contributed by atoms with E-state index < -0.39 is 0 Å². The third kappa shape index (κ3) is 3.72. The van der Waals surface area contributed by atoms with Crippen LogP contribution in [-0.2, 0) is 6.54 Å². The van der Waals surface area contributed by atoms with Crippen LogP contribution in [0.15, 0.2) is 48.8 Å². The highest BCUT2D eigenvalue weighted by atomic mass is 16.5. The molecule has 0 saturated heterocycles. The van der Waals surface area contributed by atoms with Crippen LogP contribution in [0.1, 0.15) is 41.7 Å². The van der Waals surface area contributed by atoms with Crippen molar-refractivity contribution in [3.63, 3.8) is 0 Å². The van der Waals surface area contributed by atoms with Gasteiger partial charge in [0.25, 0.3) is 5.91 Å². The highest BCUT2D eigenvalue weighted by Crippen LogP contribution is 2.20. The minimum Gasteiger partial charge on any atom is -0.497 e. The Hall–Kier alpha value is -3.09. The largest absolute Gasteiger partial charge is 0.497 e. The molecule has 0 aliphatic heterocycles. The second-order valence-corrected chi connectivity index (χ2v) is 6.81. The maximum Gasteiger partial charge on any atom is 0.275 e. The molecule has 0 bridgehead atoms. The summed E-state index contributed by atoms with van der Waals surface area (Å²) in [6.07, 6.45) is 8.19. The third-order valence-electron chi connectivity index (χ3n) is 4.95. The average molecular weight is 365 g/mol. The average Bonchev–Trinajstić information content (AvgIpc) is 3.44. The zero-order valence-corrected chi connectivity index (χ0v) is 15.3. The maximum absolute atomic E-state index is 12.8. The topological polar surface area (TPSA) is 74.0 Å². The Labute approximate surface area is 157 Å². The number of carbonyl (C=O) groups excluding carboxylic acids is 1. The van der Waals surface area contributed by atoms with E-state index in [0.717, 1.165) is 24.2 Å². The number of amides is 1. The van der Waals surface area contributed by atoms with Crippen LogP contribution in [0.4, 0.5) is 0 Å². The molecule has 3 aromatic rings. The van der Waals surface area contributed by atoms with Crippen molar-refractivity contribution in [1.29, 1.82) is 0 Å². The number of benzene rings is 1. The van der Waals surface area contributed by atoms with Crippen molar-refractivity contribution in [2.75, 3.05) is 7.11 Å². The van der Waals surface area contributed by atoms with E-state index in [-0.39, 0.29) is 11.9 Å². The van der Waals surface area contributed by atoms with Gasteiger partial charge in [-0.3, -0.25) is 4.79 Å². The molecule has 7 heteroatoms. The lowest BCUT2D eigenvalue weighted by molar-refractivity contribution is 0.0932. The lowest BCUT2D eigenvalue weighted by Gasteiger charge is -2.13. The van der Waals surface area contributed by atoms with E-state index >= 15 is 0 Å². The first-order valence-electron chi connectivity index (χ1n) is 9.25. The van der Waals surface area contributed by atoms with Gasteiger partial charge in [-0.05, 0) is 42.7 Å². The van der Waals surface area contributed by atoms with E-state index in [4.69, 9.17) is 4.74 Å². The predicted octanol–water partition coefficient (Wildman–Crippen LogP) is 2.80. The molecule has 2 aromatic heterocycles. The van der Waals surface area contributed by atoms with Crippen LogP contribution in [0.2, 0.25) is 0 Å². The van der Waals surface area contributed by atoms with Crippen molar-refractivity contribution in [2.45, 2.75) is 38.3 Å². The van der Waals surface area contributed by atoms with E-state index in [1.54, 1.807) is 11.8 Å². The van der Waals surface area contributed by atoms with Crippen molar-refractivity contribution in [1.82, 2.24) is 24.9 Å². The molecule has 1 aliphatic rings. The normalized spacial score (nSPS) is 14.4. The molecule has 1 aromatic carbocycles. The Bertz CT molecular complexity index is 893. The quantitative estimate of drug-likeness (QED) is 0.729. The van der Waals surface area contributed by atoms with Crippen molar-refractivity contribution in [2.24, 2.45) is 0 Å². The van der Waals surface area contributed by atoms with Crippen molar-refractivity contribution in [3.05, 3.63) is 60.0 Å². The zero-order chi connectivity index (χ0) is 18.6. The van der Waals surface area contributed by atoms with E-state index in [2.05, 4.69) is 15.6 Å². The summed E-state index contributed by atoms with van der Waals surface area (Å²) in [6.45, 7) is 0.515. The van der Waals surface area contributed by atoms with Crippen LogP contribution >= 0.6 is 0 Å². The molecule has 140 valence electrons. The summed E-state index contributed by atoms with van der Waals surface area (Å²) < 4.78 is 8.85. The van der Waals surface area contributed by atoms with Crippen LogP contribution in [0.3, 0.4) is 0 Å². The second kappa shape index (κ2) is 7.65. The van der Waals surface area contributed by atoms with Gasteiger partial charge in [0.1, 0.15) is 5.75 Å². The molecule has 27 heavy (non-hydrogen) atoms. The molecule has 1 N–H and O–H groups in total. The summed E-state index contributed by atoms with van der Waals surface area (Å²) in [4.78, 5) is 12.8. The monoisotopic (exact) mass is 365 g/mol. The van der Waals surface area contributed by atoms with Gasteiger partial charge in [0.2, 0.25) is 0 Å². The van der Waals surface area contributed by atoms with Crippen molar-refractivity contribution < 1.29 is 9.53 Å². The van der Waals surface area contributed by atoms with Gasteiger partial charge in [-0.2, -0.15) is 0 Å². The van der Waals surface area contributed by atoms with E-state index in [0.29, 0.717) is 18.1 Å². The maximum atomic E-state index is 12.8. The number of rotatable bonds is 6. The Balaban J connectivity index is 1.63. The fourth-order valence-electron chi connectivity index (χ4n) is 3.52. The Morgan fingerprint density at radius 2 is 1.89 bits per heavy atom. The number of ether oxygens (including phenoxy) is 1. The van der Waals surface area contributed by atoms with Crippen LogP contribution in [0.5, 0.6) is 5.75 Å². The Morgan fingerprint density at radius 3 is 2.56 bits per heavy atom. The molecule has 0 unspecified atom stereocenters. The number of hydrogen-bond donors (Lipinski definition) is 1. The first-order valence-corrected chi connectivity index (χ1v) is 9.25. The van der Waals surface area contributed by atoms with Gasteiger partial charge in [-0.25, -0.2) is 4.68 Å². The number of nitrogens with one attached hydrogen (secondary N) is 1. The lowest BCUT2D eigenvalue weighted by Crippen LogP contribution is -2.33. The molecular formula is C20H23N5O2. The summed E-state index contributed by atoms with van der Waals surface area (Å²) in [5.41, 5.74) is 1.41. The molecular weight excluding hydrogens is 342 g/mol. The fraction of sp³-hybridized carbons (Fsp3) is 0.350. The number of hydrogen-bond acceptors (Lipinski definition) is 4. The Kier molecular flexibility index (Phi) is 4.91. The summed E-state index contributed by atoms with van der Waals surface area (Å²) in [5.74, 6) is 1.32. The van der Waals surface area contributed by atoms with Gasteiger partial charge < -0.3 is 14.6 Å². The van der Waals surface area contributed by atoms with Gasteiger partial charge >= 0.3 is 0 Å². The summed E-state index contributed by atoms with van der Waals surface area (Å²) in [5, 5.41) is 11.6. The number of carbonyl (C=O) groups is 1. The molecule has 1 saturated carbocycles. The van der Waals surface area contributed by atoms with Crippen LogP contribution in [0, 0.1) is 0 Å². The Morgan fingerprint density at radius 1 is 1.19 bits per heavy atom. The first-order chi connectivity index (χ1) is 13.2. The summed E-state index contributed by atoms with van der Waals surface area (Å²) >= 11 is 0. The zero-order valence-electron chi connectivity index (χ0n) is 15.3. The van der Waals surface area contributed by atoms with E-state index in [9.17, 15) is 4.79 Å². The van der Waals surface area contributed by atoms with Crippen LogP contribution < -0.4 is 10.1 Å². The number of methoxy groups -OCH3 is 1. The minimum atomic E-state index is -0.161. The number of nitrogens with zero attached hydrogens (tertiary/aromatic N) is 4. The predicted molar refractivity (Wildman–Crippen MR) is 101 cm³/mol. The van der Waals surface area contributed by atoms with E-state index in [1.807, 2.05) is 53.4 Å². The number of aromatic nitrogens is 4.